The average Bonchev–Trinajstić information content (AvgIpc) is 3.12. The number of unbranched alkanes of at least 4 members (excludes halogenated alkanes) is 9. The van der Waals surface area contributed by atoms with E-state index in [1.165, 1.54) is 44.9 Å². The molecule has 0 aromatic carbocycles. The zero-order valence-electron chi connectivity index (χ0n) is 34.9. The summed E-state index contributed by atoms with van der Waals surface area (Å²) in [6, 6.07) is 0. The number of carbonyl (C=O) groups is 1. The molecule has 0 fully saturated rings. The lowest BCUT2D eigenvalue weighted by atomic mass is 10.1. The Balaban J connectivity index is 4.34. The van der Waals surface area contributed by atoms with Crippen LogP contribution in [-0.4, -0.2) is 75.6 Å². The van der Waals surface area contributed by atoms with Gasteiger partial charge in [0.15, 0.2) is 0 Å². The number of hydrogen-bond donors (Lipinski definition) is 1. The van der Waals surface area contributed by atoms with E-state index in [4.69, 9.17) is 18.5 Å². The highest BCUT2D eigenvalue weighted by Crippen LogP contribution is 2.43. The summed E-state index contributed by atoms with van der Waals surface area (Å²) in [6.07, 6.45) is 49.1. The van der Waals surface area contributed by atoms with Crippen LogP contribution in [-0.2, 0) is 27.9 Å². The molecule has 0 aromatic rings. The minimum atomic E-state index is -4.29. The van der Waals surface area contributed by atoms with Crippen molar-refractivity contribution in [3.63, 3.8) is 0 Å². The first-order chi connectivity index (χ1) is 26.1. The molecule has 0 aromatic heterocycles. The zero-order valence-corrected chi connectivity index (χ0v) is 35.8. The first-order valence-corrected chi connectivity index (χ1v) is 22.3. The summed E-state index contributed by atoms with van der Waals surface area (Å²) in [5, 5.41) is 0. The molecule has 0 heterocycles. The standard InChI is InChI=1S/C45H78NO7P/c1-6-8-10-12-14-16-17-18-19-20-21-22-23-24-25-26-27-28-29-30-32-34-36-38-45(47)53-44(43-52-54(48,49)51-41-39-46(3,4)5)42-50-40-37-35-33-31-15-13-11-9-7-2/h8,10,14,16,18-19,21-22,24-25,27-28,30,32,44H,6-7,9,11-13,15,17,20,23,26,29,31,33-43H2,1-5H3/p+1/b10-8-,16-14-,19-18-,22-21-,25-24-,28-27-,32-30-. The van der Waals surface area contributed by atoms with Gasteiger partial charge in [-0.15, -0.1) is 0 Å². The van der Waals surface area contributed by atoms with Crippen molar-refractivity contribution in [1.82, 2.24) is 0 Å². The number of allylic oxidation sites excluding steroid dienone is 14. The molecule has 0 amide bonds. The van der Waals surface area contributed by atoms with Crippen LogP contribution in [0.25, 0.3) is 0 Å². The quantitative estimate of drug-likeness (QED) is 0.0221. The highest BCUT2D eigenvalue weighted by Gasteiger charge is 2.26. The van der Waals surface area contributed by atoms with Crippen LogP contribution in [0.15, 0.2) is 85.1 Å². The molecule has 0 spiro atoms. The highest BCUT2D eigenvalue weighted by atomic mass is 31.2. The number of phosphoric ester groups is 1. The van der Waals surface area contributed by atoms with Crippen molar-refractivity contribution in [2.24, 2.45) is 0 Å². The fourth-order valence-corrected chi connectivity index (χ4v) is 5.75. The Morgan fingerprint density at radius 2 is 1.06 bits per heavy atom. The number of hydrogen-bond acceptors (Lipinski definition) is 6. The molecule has 310 valence electrons. The second kappa shape index (κ2) is 37.6. The van der Waals surface area contributed by atoms with E-state index in [9.17, 15) is 14.3 Å². The van der Waals surface area contributed by atoms with Crippen LogP contribution >= 0.6 is 7.82 Å². The number of phosphoric acid groups is 1. The van der Waals surface area contributed by atoms with Gasteiger partial charge in [0, 0.05) is 13.0 Å². The number of rotatable bonds is 37. The van der Waals surface area contributed by atoms with Crippen LogP contribution in [0.3, 0.4) is 0 Å². The van der Waals surface area contributed by atoms with Crippen molar-refractivity contribution < 1.29 is 37.3 Å². The molecule has 2 unspecified atom stereocenters. The van der Waals surface area contributed by atoms with E-state index in [-0.39, 0.29) is 32.2 Å². The predicted octanol–water partition coefficient (Wildman–Crippen LogP) is 12.1. The van der Waals surface area contributed by atoms with E-state index in [1.54, 1.807) is 0 Å². The zero-order chi connectivity index (χ0) is 39.9. The van der Waals surface area contributed by atoms with Gasteiger partial charge in [0.2, 0.25) is 0 Å². The molecular formula is C45H79NO7P+. The number of quaternary nitrogens is 1. The Morgan fingerprint density at radius 1 is 0.593 bits per heavy atom. The molecule has 0 aliphatic heterocycles. The molecule has 1 N–H and O–H groups in total. The smallest absolute Gasteiger partial charge is 0.457 e. The number of nitrogens with zero attached hydrogens (tertiary/aromatic N) is 1. The van der Waals surface area contributed by atoms with Crippen LogP contribution in [0.1, 0.15) is 136 Å². The van der Waals surface area contributed by atoms with E-state index in [0.29, 0.717) is 24.1 Å². The van der Waals surface area contributed by atoms with Gasteiger partial charge in [-0.25, -0.2) is 4.57 Å². The van der Waals surface area contributed by atoms with Gasteiger partial charge in [-0.2, -0.15) is 0 Å². The molecule has 0 radical (unpaired) electrons. The topological polar surface area (TPSA) is 91.3 Å². The second-order valence-corrected chi connectivity index (χ2v) is 16.1. The molecule has 0 aliphatic rings. The lowest BCUT2D eigenvalue weighted by Crippen LogP contribution is -2.37. The molecule has 8 nitrogen and oxygen atoms in total. The van der Waals surface area contributed by atoms with Crippen LogP contribution < -0.4 is 0 Å². The van der Waals surface area contributed by atoms with Gasteiger partial charge in [0.25, 0.3) is 0 Å². The fourth-order valence-electron chi connectivity index (χ4n) is 5.01. The second-order valence-electron chi connectivity index (χ2n) is 14.6. The average molecular weight is 777 g/mol. The Kier molecular flexibility index (Phi) is 36.0. The first-order valence-electron chi connectivity index (χ1n) is 20.8. The minimum Gasteiger partial charge on any atom is -0.457 e. The number of ether oxygens (including phenoxy) is 2. The first kappa shape index (κ1) is 51.7. The molecule has 0 rings (SSSR count). The lowest BCUT2D eigenvalue weighted by molar-refractivity contribution is -0.870. The third-order valence-corrected chi connectivity index (χ3v) is 9.21. The maximum atomic E-state index is 12.6. The SMILES string of the molecule is CC/C=C\C/C=C\C/C=C\C/C=C\C/C=C\C/C=C\C/C=C\CCCC(=O)OC(COCCCCCCCCCCC)COP(=O)(O)OCC[N+](C)(C)C. The summed E-state index contributed by atoms with van der Waals surface area (Å²) < 4.78 is 34.8. The summed E-state index contributed by atoms with van der Waals surface area (Å²) in [6.45, 7) is 5.38. The van der Waals surface area contributed by atoms with Crippen molar-refractivity contribution in [2.75, 3.05) is 54.1 Å². The highest BCUT2D eigenvalue weighted by molar-refractivity contribution is 7.47. The summed E-state index contributed by atoms with van der Waals surface area (Å²) >= 11 is 0. The van der Waals surface area contributed by atoms with Gasteiger partial charge in [-0.05, 0) is 64.2 Å². The normalized spacial score (nSPS) is 14.7. The Bertz CT molecular complexity index is 1130. The summed E-state index contributed by atoms with van der Waals surface area (Å²) in [5.41, 5.74) is 0. The molecule has 0 saturated carbocycles. The lowest BCUT2D eigenvalue weighted by Gasteiger charge is -2.24. The summed E-state index contributed by atoms with van der Waals surface area (Å²) in [5.74, 6) is -0.376. The van der Waals surface area contributed by atoms with Gasteiger partial charge >= 0.3 is 13.8 Å². The fraction of sp³-hybridized carbons (Fsp3) is 0.667. The molecular weight excluding hydrogens is 697 g/mol. The van der Waals surface area contributed by atoms with Crippen LogP contribution in [0.5, 0.6) is 0 Å². The van der Waals surface area contributed by atoms with Crippen molar-refractivity contribution in [2.45, 2.75) is 142 Å². The van der Waals surface area contributed by atoms with Gasteiger partial charge < -0.3 is 18.9 Å². The Morgan fingerprint density at radius 3 is 1.54 bits per heavy atom. The number of esters is 1. The van der Waals surface area contributed by atoms with Crippen molar-refractivity contribution in [3.05, 3.63) is 85.1 Å². The number of carbonyl (C=O) groups excluding carboxylic acids is 1. The van der Waals surface area contributed by atoms with E-state index in [2.05, 4.69) is 98.9 Å². The summed E-state index contributed by atoms with van der Waals surface area (Å²) in [7, 11) is 1.62. The minimum absolute atomic E-state index is 0.0739. The maximum Gasteiger partial charge on any atom is 0.472 e. The third kappa shape index (κ3) is 40.9. The van der Waals surface area contributed by atoms with Crippen molar-refractivity contribution in [3.8, 4) is 0 Å². The number of likely N-dealkylation sites (N-methyl/N-ethyl adjacent to an activating group) is 1. The molecule has 2 atom stereocenters. The van der Waals surface area contributed by atoms with Gasteiger partial charge in [0.05, 0.1) is 34.4 Å². The van der Waals surface area contributed by atoms with E-state index < -0.39 is 13.9 Å². The molecule has 0 saturated heterocycles. The molecule has 9 heteroatoms. The largest absolute Gasteiger partial charge is 0.472 e. The molecule has 54 heavy (non-hydrogen) atoms. The Labute approximate surface area is 331 Å². The van der Waals surface area contributed by atoms with Gasteiger partial charge in [-0.1, -0.05) is 150 Å². The van der Waals surface area contributed by atoms with E-state index >= 15 is 0 Å². The van der Waals surface area contributed by atoms with Crippen molar-refractivity contribution in [1.29, 1.82) is 0 Å². The van der Waals surface area contributed by atoms with Gasteiger partial charge in [0.1, 0.15) is 19.3 Å². The monoisotopic (exact) mass is 777 g/mol. The predicted molar refractivity (Wildman–Crippen MR) is 228 cm³/mol. The van der Waals surface area contributed by atoms with Crippen LogP contribution in [0, 0.1) is 0 Å². The van der Waals surface area contributed by atoms with Crippen molar-refractivity contribution >= 4 is 13.8 Å². The van der Waals surface area contributed by atoms with Crippen LogP contribution in [0.4, 0.5) is 0 Å². The summed E-state index contributed by atoms with van der Waals surface area (Å²) in [4.78, 5) is 22.8. The van der Waals surface area contributed by atoms with Gasteiger partial charge in [-0.3, -0.25) is 13.8 Å². The maximum absolute atomic E-state index is 12.6. The molecule has 0 aliphatic carbocycles. The van der Waals surface area contributed by atoms with E-state index in [0.717, 1.165) is 64.2 Å². The molecule has 0 bridgehead atoms. The Hall–Kier alpha value is -2.32. The van der Waals surface area contributed by atoms with E-state index in [1.807, 2.05) is 21.1 Å². The third-order valence-electron chi connectivity index (χ3n) is 8.22. The van der Waals surface area contributed by atoms with Crippen LogP contribution in [0.2, 0.25) is 0 Å².